The smallest absolute Gasteiger partial charge is 0.406 e. The van der Waals surface area contributed by atoms with Crippen LogP contribution in [0.3, 0.4) is 0 Å². The molecule has 0 aliphatic carbocycles. The number of nitrogens with one attached hydrogen (secondary N) is 1. The predicted molar refractivity (Wildman–Crippen MR) is 124 cm³/mol. The number of anilines is 1. The average molecular weight is 548 g/mol. The number of halogens is 4. The highest BCUT2D eigenvalue weighted by molar-refractivity contribution is 14.0. The fraction of sp³-hybridized carbons (Fsp3) is 0.333. The van der Waals surface area contributed by atoms with Crippen molar-refractivity contribution in [3.63, 3.8) is 0 Å². The summed E-state index contributed by atoms with van der Waals surface area (Å²) in [4.78, 5) is 18.6. The first-order valence-corrected chi connectivity index (χ1v) is 9.61. The quantitative estimate of drug-likeness (QED) is 0.321. The average Bonchev–Trinajstić information content (AvgIpc) is 2.73. The summed E-state index contributed by atoms with van der Waals surface area (Å²) in [6.45, 7) is 1.90. The van der Waals surface area contributed by atoms with E-state index < -0.39 is 6.36 Å². The lowest BCUT2D eigenvalue weighted by atomic mass is 10.1. The van der Waals surface area contributed by atoms with Gasteiger partial charge in [0.2, 0.25) is 0 Å². The van der Waals surface area contributed by atoms with E-state index in [1.54, 1.807) is 12.1 Å². The Kier molecular flexibility index (Phi) is 8.96. The summed E-state index contributed by atoms with van der Waals surface area (Å²) in [6, 6.07) is 12.4. The molecule has 0 bridgehead atoms. The summed E-state index contributed by atoms with van der Waals surface area (Å²) in [5.41, 5.74) is 7.84. The molecule has 2 aromatic rings. The van der Waals surface area contributed by atoms with Crippen LogP contribution in [0.5, 0.6) is 5.75 Å². The van der Waals surface area contributed by atoms with Gasteiger partial charge in [-0.3, -0.25) is 4.79 Å². The molecular weight excluding hydrogens is 524 g/mol. The highest BCUT2D eigenvalue weighted by atomic mass is 127. The molecule has 1 fully saturated rings. The van der Waals surface area contributed by atoms with Crippen LogP contribution < -0.4 is 15.8 Å². The van der Waals surface area contributed by atoms with Crippen LogP contribution in [0, 0.1) is 0 Å². The van der Waals surface area contributed by atoms with Crippen molar-refractivity contribution < 1.29 is 22.7 Å². The monoisotopic (exact) mass is 548 g/mol. The summed E-state index contributed by atoms with van der Waals surface area (Å²) in [5, 5.41) is 2.80. The Morgan fingerprint density at radius 1 is 1.03 bits per heavy atom. The zero-order valence-electron chi connectivity index (χ0n) is 16.7. The van der Waals surface area contributed by atoms with Gasteiger partial charge in [0.1, 0.15) is 5.75 Å². The largest absolute Gasteiger partial charge is 0.573 e. The Morgan fingerprint density at radius 3 is 2.23 bits per heavy atom. The van der Waals surface area contributed by atoms with Crippen molar-refractivity contribution in [1.82, 2.24) is 4.90 Å². The molecule has 10 heteroatoms. The minimum Gasteiger partial charge on any atom is -0.406 e. The van der Waals surface area contributed by atoms with Gasteiger partial charge >= 0.3 is 6.36 Å². The molecule has 0 atom stereocenters. The third-order valence-electron chi connectivity index (χ3n) is 4.64. The van der Waals surface area contributed by atoms with Gasteiger partial charge < -0.3 is 20.7 Å². The van der Waals surface area contributed by atoms with E-state index in [4.69, 9.17) is 5.73 Å². The summed E-state index contributed by atoms with van der Waals surface area (Å²) < 4.78 is 40.4. The van der Waals surface area contributed by atoms with Crippen LogP contribution in [0.4, 0.5) is 18.9 Å². The molecule has 3 N–H and O–H groups in total. The number of guanidine groups is 1. The Bertz CT molecular complexity index is 881. The molecule has 0 spiro atoms. The van der Waals surface area contributed by atoms with Gasteiger partial charge in [0.15, 0.2) is 5.96 Å². The van der Waals surface area contributed by atoms with Crippen molar-refractivity contribution in [3.05, 3.63) is 59.7 Å². The van der Waals surface area contributed by atoms with Gasteiger partial charge in [-0.05, 0) is 61.2 Å². The number of nitrogens with two attached hydrogens (primary N) is 1. The first-order chi connectivity index (χ1) is 14.3. The molecule has 1 saturated heterocycles. The van der Waals surface area contributed by atoms with Crippen molar-refractivity contribution in [2.45, 2.75) is 32.2 Å². The Morgan fingerprint density at radius 2 is 1.65 bits per heavy atom. The van der Waals surface area contributed by atoms with E-state index in [2.05, 4.69) is 15.0 Å². The zero-order valence-corrected chi connectivity index (χ0v) is 19.0. The number of rotatable bonds is 5. The maximum atomic E-state index is 12.5. The standard InChI is InChI=1S/C21H23F3N4O2.HI/c22-21(23,24)30-18-10-8-17(9-11-18)27-20(25)26-14-15-4-6-16(7-5-15)19(29)28-12-2-1-3-13-28;/h4-11H,1-3,12-14H2,(H3,25,26,27);1H. The predicted octanol–water partition coefficient (Wildman–Crippen LogP) is 4.76. The van der Waals surface area contributed by atoms with E-state index in [9.17, 15) is 18.0 Å². The number of carbonyl (C=O) groups is 1. The SMILES string of the molecule is I.NC(=NCc1ccc(C(=O)N2CCCCC2)cc1)Nc1ccc(OC(F)(F)F)cc1. The maximum absolute atomic E-state index is 12.5. The van der Waals surface area contributed by atoms with E-state index >= 15 is 0 Å². The van der Waals surface area contributed by atoms with E-state index in [1.807, 2.05) is 17.0 Å². The number of hydrogen-bond acceptors (Lipinski definition) is 3. The van der Waals surface area contributed by atoms with Gasteiger partial charge in [-0.2, -0.15) is 0 Å². The van der Waals surface area contributed by atoms with Crippen LogP contribution in [0.1, 0.15) is 35.2 Å². The van der Waals surface area contributed by atoms with E-state index in [0.29, 0.717) is 17.8 Å². The van der Waals surface area contributed by atoms with Crippen LogP contribution >= 0.6 is 24.0 Å². The lowest BCUT2D eigenvalue weighted by molar-refractivity contribution is -0.274. The molecule has 1 aliphatic rings. The number of benzene rings is 2. The first-order valence-electron chi connectivity index (χ1n) is 9.61. The molecule has 0 unspecified atom stereocenters. The van der Waals surface area contributed by atoms with Crippen molar-refractivity contribution >= 4 is 41.5 Å². The molecule has 0 saturated carbocycles. The second kappa shape index (κ2) is 11.2. The molecule has 1 heterocycles. The number of ether oxygens (including phenoxy) is 1. The first kappa shape index (κ1) is 24.8. The Hall–Kier alpha value is -2.50. The lowest BCUT2D eigenvalue weighted by Gasteiger charge is -2.26. The summed E-state index contributed by atoms with van der Waals surface area (Å²) >= 11 is 0. The van der Waals surface area contributed by atoms with E-state index in [-0.39, 0.29) is 41.6 Å². The molecule has 168 valence electrons. The number of aliphatic imine (C=N–C) groups is 1. The molecule has 3 rings (SSSR count). The third-order valence-corrected chi connectivity index (χ3v) is 4.64. The Balaban J connectivity index is 0.00000341. The number of alkyl halides is 3. The fourth-order valence-corrected chi connectivity index (χ4v) is 3.14. The van der Waals surface area contributed by atoms with Crippen molar-refractivity contribution in [2.75, 3.05) is 18.4 Å². The molecule has 6 nitrogen and oxygen atoms in total. The number of nitrogens with zero attached hydrogens (tertiary/aromatic N) is 2. The minimum atomic E-state index is -4.73. The second-order valence-corrected chi connectivity index (χ2v) is 6.95. The summed E-state index contributed by atoms with van der Waals surface area (Å²) in [6.07, 6.45) is -1.48. The van der Waals surface area contributed by atoms with Crippen LogP contribution in [-0.4, -0.2) is 36.2 Å². The highest BCUT2D eigenvalue weighted by Crippen LogP contribution is 2.24. The number of hydrogen-bond donors (Lipinski definition) is 2. The van der Waals surface area contributed by atoms with Gasteiger partial charge in [-0.25, -0.2) is 4.99 Å². The molecule has 2 aromatic carbocycles. The molecular formula is C21H24F3IN4O2. The normalized spacial score (nSPS) is 14.5. The maximum Gasteiger partial charge on any atom is 0.573 e. The molecule has 0 aromatic heterocycles. The zero-order chi connectivity index (χ0) is 21.6. The van der Waals surface area contributed by atoms with Crippen molar-refractivity contribution in [2.24, 2.45) is 10.7 Å². The van der Waals surface area contributed by atoms with Gasteiger partial charge in [-0.15, -0.1) is 37.1 Å². The lowest BCUT2D eigenvalue weighted by Crippen LogP contribution is -2.35. The minimum absolute atomic E-state index is 0. The Labute approximate surface area is 195 Å². The molecule has 31 heavy (non-hydrogen) atoms. The molecule has 1 amide bonds. The topological polar surface area (TPSA) is 80.0 Å². The third kappa shape index (κ3) is 7.93. The van der Waals surface area contributed by atoms with E-state index in [1.165, 1.54) is 30.7 Å². The van der Waals surface area contributed by atoms with Gasteiger partial charge in [0.05, 0.1) is 6.54 Å². The number of likely N-dealkylation sites (tertiary alicyclic amines) is 1. The number of piperidine rings is 1. The van der Waals surface area contributed by atoms with Crippen LogP contribution in [0.15, 0.2) is 53.5 Å². The molecule has 0 radical (unpaired) electrons. The highest BCUT2D eigenvalue weighted by Gasteiger charge is 2.30. The fourth-order valence-electron chi connectivity index (χ4n) is 3.14. The number of amides is 1. The van der Waals surface area contributed by atoms with E-state index in [0.717, 1.165) is 31.5 Å². The summed E-state index contributed by atoms with van der Waals surface area (Å²) in [5.74, 6) is -0.153. The van der Waals surface area contributed by atoms with Crippen molar-refractivity contribution in [1.29, 1.82) is 0 Å². The van der Waals surface area contributed by atoms with Crippen molar-refractivity contribution in [3.8, 4) is 5.75 Å². The number of carbonyl (C=O) groups excluding carboxylic acids is 1. The van der Waals surface area contributed by atoms with Gasteiger partial charge in [0.25, 0.3) is 5.91 Å². The van der Waals surface area contributed by atoms with Crippen LogP contribution in [-0.2, 0) is 6.54 Å². The second-order valence-electron chi connectivity index (χ2n) is 6.95. The van der Waals surface area contributed by atoms with Crippen LogP contribution in [0.25, 0.3) is 0 Å². The van der Waals surface area contributed by atoms with Gasteiger partial charge in [-0.1, -0.05) is 12.1 Å². The van der Waals surface area contributed by atoms with Crippen LogP contribution in [0.2, 0.25) is 0 Å². The summed E-state index contributed by atoms with van der Waals surface area (Å²) in [7, 11) is 0. The van der Waals surface area contributed by atoms with Gasteiger partial charge in [0, 0.05) is 24.3 Å². The molecule has 1 aliphatic heterocycles.